The van der Waals surface area contributed by atoms with E-state index in [1.54, 1.807) is 5.82 Å². The molecule has 0 aliphatic rings. The van der Waals surface area contributed by atoms with Crippen LogP contribution in [0.3, 0.4) is 0 Å². The van der Waals surface area contributed by atoms with E-state index in [2.05, 4.69) is 42.3 Å². The normalized spacial score (nSPS) is 11.4. The van der Waals surface area contributed by atoms with E-state index in [0.29, 0.717) is 0 Å². The van der Waals surface area contributed by atoms with Crippen LogP contribution >= 0.6 is 0 Å². The maximum atomic E-state index is 2.55. The second-order valence-electron chi connectivity index (χ2n) is 9.51. The van der Waals surface area contributed by atoms with E-state index < -0.39 is 0 Å². The van der Waals surface area contributed by atoms with Gasteiger partial charge in [-0.1, -0.05) is 117 Å². The van der Waals surface area contributed by atoms with Crippen LogP contribution in [0.25, 0.3) is 0 Å². The molecule has 0 saturated carbocycles. The third-order valence-electron chi connectivity index (χ3n) is 6.60. The van der Waals surface area contributed by atoms with E-state index >= 15 is 0 Å². The molecule has 1 heterocycles. The lowest BCUT2D eigenvalue weighted by atomic mass is 10.0. The van der Waals surface area contributed by atoms with Gasteiger partial charge >= 0.3 is 0 Å². The average molecular weight is 420 g/mol. The molecule has 0 bridgehead atoms. The zero-order valence-electron chi connectivity index (χ0n) is 21.1. The summed E-state index contributed by atoms with van der Waals surface area (Å²) in [6.45, 7) is 9.31. The molecule has 0 amide bonds. The molecule has 1 aromatic rings. The third kappa shape index (κ3) is 13.5. The predicted octanol–water partition coefficient (Wildman–Crippen LogP) is 8.79. The summed E-state index contributed by atoms with van der Waals surface area (Å²) in [5.41, 5.74) is 0. The number of hydrogen-bond acceptors (Lipinski definition) is 0. The molecule has 0 atom stereocenters. The minimum Gasteiger partial charge on any atom is -0.234 e. The number of nitrogens with zero attached hydrogens (tertiary/aromatic N) is 2. The third-order valence-corrected chi connectivity index (χ3v) is 6.60. The first-order valence-electron chi connectivity index (χ1n) is 13.9. The maximum Gasteiger partial charge on any atom is 0.256 e. The summed E-state index contributed by atoms with van der Waals surface area (Å²) >= 11 is 0. The lowest BCUT2D eigenvalue weighted by Gasteiger charge is -2.05. The van der Waals surface area contributed by atoms with E-state index in [1.807, 2.05) is 0 Å². The zero-order chi connectivity index (χ0) is 21.7. The summed E-state index contributed by atoms with van der Waals surface area (Å²) in [6, 6.07) is 0. The summed E-state index contributed by atoms with van der Waals surface area (Å²) in [4.78, 5) is 0. The van der Waals surface area contributed by atoms with Gasteiger partial charge in [0.25, 0.3) is 5.82 Å². The smallest absolute Gasteiger partial charge is 0.234 e. The van der Waals surface area contributed by atoms with E-state index in [0.717, 1.165) is 0 Å². The lowest BCUT2D eigenvalue weighted by Crippen LogP contribution is -2.37. The highest BCUT2D eigenvalue weighted by molar-refractivity contribution is 4.84. The van der Waals surface area contributed by atoms with Crippen molar-refractivity contribution in [2.24, 2.45) is 0 Å². The van der Waals surface area contributed by atoms with Crippen molar-refractivity contribution >= 4 is 0 Å². The van der Waals surface area contributed by atoms with Crippen molar-refractivity contribution in [3.8, 4) is 0 Å². The Morgan fingerprint density at radius 3 is 1.53 bits per heavy atom. The monoisotopic (exact) mass is 419 g/mol. The summed E-state index contributed by atoms with van der Waals surface area (Å²) < 4.78 is 5.07. The van der Waals surface area contributed by atoms with E-state index in [1.165, 1.54) is 142 Å². The Bertz CT molecular complexity index is 477. The highest BCUT2D eigenvalue weighted by atomic mass is 15.1. The topological polar surface area (TPSA) is 8.81 Å². The van der Waals surface area contributed by atoms with Crippen LogP contribution in [0.15, 0.2) is 12.4 Å². The van der Waals surface area contributed by atoms with Crippen LogP contribution in [-0.4, -0.2) is 4.57 Å². The molecule has 0 spiro atoms. The number of rotatable bonds is 22. The summed E-state index contributed by atoms with van der Waals surface area (Å²) in [5, 5.41) is 0. The predicted molar refractivity (Wildman–Crippen MR) is 133 cm³/mol. The molecule has 1 rings (SSSR count). The Morgan fingerprint density at radius 1 is 0.567 bits per heavy atom. The average Bonchev–Trinajstić information content (AvgIpc) is 3.14. The second kappa shape index (κ2) is 20.1. The molecular formula is C28H55N2+. The minimum atomic E-state index is 1.20. The van der Waals surface area contributed by atoms with Crippen molar-refractivity contribution in [1.29, 1.82) is 0 Å². The number of aromatic nitrogens is 2. The molecule has 1 aromatic heterocycles. The fourth-order valence-electron chi connectivity index (χ4n) is 4.51. The van der Waals surface area contributed by atoms with Crippen molar-refractivity contribution in [3.05, 3.63) is 18.2 Å². The first-order valence-corrected chi connectivity index (χ1v) is 13.9. The summed E-state index contributed by atoms with van der Waals surface area (Å²) in [6.07, 6.45) is 32.7. The van der Waals surface area contributed by atoms with Gasteiger partial charge in [-0.05, 0) is 25.7 Å². The standard InChI is InChI=1S/C28H55N2/c1-4-7-10-11-12-13-14-15-16-17-18-19-20-21-22-25-30-27-26-29(24-9-6-3)28(30)23-8-5-2/h26-27H,4-25H2,1-3H3/q+1. The molecule has 2 nitrogen and oxygen atoms in total. The molecule has 2 heteroatoms. The van der Waals surface area contributed by atoms with Crippen LogP contribution in [0.5, 0.6) is 0 Å². The molecule has 0 fully saturated rings. The molecule has 30 heavy (non-hydrogen) atoms. The van der Waals surface area contributed by atoms with Crippen molar-refractivity contribution < 1.29 is 4.57 Å². The summed E-state index contributed by atoms with van der Waals surface area (Å²) in [7, 11) is 0. The van der Waals surface area contributed by atoms with E-state index in [4.69, 9.17) is 0 Å². The van der Waals surface area contributed by atoms with Crippen LogP contribution in [0.1, 0.15) is 149 Å². The Morgan fingerprint density at radius 2 is 1.03 bits per heavy atom. The first-order chi connectivity index (χ1) is 14.8. The van der Waals surface area contributed by atoms with Crippen LogP contribution < -0.4 is 4.57 Å². The molecule has 0 unspecified atom stereocenters. The van der Waals surface area contributed by atoms with Gasteiger partial charge in [-0.3, -0.25) is 0 Å². The second-order valence-corrected chi connectivity index (χ2v) is 9.51. The van der Waals surface area contributed by atoms with Gasteiger partial charge in [0.05, 0.1) is 13.1 Å². The minimum absolute atomic E-state index is 1.20. The SMILES string of the molecule is CCCCCCCCCCCCCCCCC[n+]1ccn(CCCC)c1CCCC. The van der Waals surface area contributed by atoms with Gasteiger partial charge in [-0.2, -0.15) is 0 Å². The fourth-order valence-corrected chi connectivity index (χ4v) is 4.51. The number of aryl methyl sites for hydroxylation is 2. The van der Waals surface area contributed by atoms with Gasteiger partial charge < -0.3 is 0 Å². The molecule has 0 aliphatic carbocycles. The molecule has 0 saturated heterocycles. The van der Waals surface area contributed by atoms with Crippen LogP contribution in [-0.2, 0) is 19.5 Å². The quantitative estimate of drug-likeness (QED) is 0.131. The largest absolute Gasteiger partial charge is 0.256 e. The Hall–Kier alpha value is -0.790. The van der Waals surface area contributed by atoms with Gasteiger partial charge in [-0.25, -0.2) is 9.13 Å². The van der Waals surface area contributed by atoms with Gasteiger partial charge in [-0.15, -0.1) is 0 Å². The van der Waals surface area contributed by atoms with Crippen LogP contribution in [0.2, 0.25) is 0 Å². The number of hydrogen-bond donors (Lipinski definition) is 0. The Kier molecular flexibility index (Phi) is 18.3. The van der Waals surface area contributed by atoms with Crippen molar-refractivity contribution in [1.82, 2.24) is 4.57 Å². The highest BCUT2D eigenvalue weighted by Crippen LogP contribution is 2.13. The first kappa shape index (κ1) is 27.2. The molecule has 0 N–H and O–H groups in total. The van der Waals surface area contributed by atoms with Gasteiger partial charge in [0.1, 0.15) is 12.4 Å². The van der Waals surface area contributed by atoms with Crippen molar-refractivity contribution in [3.63, 3.8) is 0 Å². The van der Waals surface area contributed by atoms with Crippen molar-refractivity contribution in [2.45, 2.75) is 162 Å². The highest BCUT2D eigenvalue weighted by Gasteiger charge is 2.15. The molecule has 0 aliphatic heterocycles. The van der Waals surface area contributed by atoms with Crippen molar-refractivity contribution in [2.75, 3.05) is 0 Å². The molecular weight excluding hydrogens is 364 g/mol. The van der Waals surface area contributed by atoms with Crippen LogP contribution in [0.4, 0.5) is 0 Å². The van der Waals surface area contributed by atoms with Crippen LogP contribution in [0, 0.1) is 0 Å². The Balaban J connectivity index is 2.01. The van der Waals surface area contributed by atoms with E-state index in [-0.39, 0.29) is 0 Å². The zero-order valence-corrected chi connectivity index (χ0v) is 21.1. The van der Waals surface area contributed by atoms with Gasteiger partial charge in [0.15, 0.2) is 0 Å². The molecule has 0 radical (unpaired) electrons. The maximum absolute atomic E-state index is 2.55. The number of unbranched alkanes of at least 4 members (excludes halogenated alkanes) is 16. The molecule has 0 aromatic carbocycles. The Labute approximate surface area is 189 Å². The van der Waals surface area contributed by atoms with E-state index in [9.17, 15) is 0 Å². The van der Waals surface area contributed by atoms with Gasteiger partial charge in [0.2, 0.25) is 0 Å². The number of imidazole rings is 1. The van der Waals surface area contributed by atoms with Gasteiger partial charge in [0, 0.05) is 6.42 Å². The lowest BCUT2D eigenvalue weighted by molar-refractivity contribution is -0.704. The fraction of sp³-hybridized carbons (Fsp3) is 0.893. The summed E-state index contributed by atoms with van der Waals surface area (Å²) in [5.74, 6) is 1.57. The molecule has 176 valence electrons.